The van der Waals surface area contributed by atoms with Crippen LogP contribution in [-0.4, -0.2) is 27.8 Å². The van der Waals surface area contributed by atoms with E-state index in [0.717, 1.165) is 0 Å². The molecule has 0 amide bonds. The molecule has 7 nitrogen and oxygen atoms in total. The van der Waals surface area contributed by atoms with Crippen LogP contribution in [0.15, 0.2) is 30.6 Å². The lowest BCUT2D eigenvalue weighted by atomic mass is 10.0. The molecule has 0 aliphatic rings. The maximum Gasteiger partial charge on any atom is 0.269 e. The van der Waals surface area contributed by atoms with Crippen LogP contribution in [0.2, 0.25) is 0 Å². The van der Waals surface area contributed by atoms with E-state index in [2.05, 4.69) is 9.97 Å². The van der Waals surface area contributed by atoms with Gasteiger partial charge in [-0.3, -0.25) is 14.9 Å². The molecule has 1 heterocycles. The lowest BCUT2D eigenvalue weighted by Gasteiger charge is -2.05. The van der Waals surface area contributed by atoms with Crippen LogP contribution in [0.3, 0.4) is 0 Å². The van der Waals surface area contributed by atoms with E-state index in [9.17, 15) is 14.9 Å². The smallest absolute Gasteiger partial charge is 0.269 e. The molecule has 7 heteroatoms. The van der Waals surface area contributed by atoms with Crippen LogP contribution >= 0.6 is 0 Å². The Hall–Kier alpha value is -2.83. The molecule has 2 aromatic rings. The molecule has 0 spiro atoms. The minimum Gasteiger partial charge on any atom is -0.481 e. The van der Waals surface area contributed by atoms with Crippen LogP contribution in [0.5, 0.6) is 5.88 Å². The number of methoxy groups -OCH3 is 1. The quantitative estimate of drug-likeness (QED) is 0.475. The Morgan fingerprint density at radius 2 is 2.10 bits per heavy atom. The lowest BCUT2D eigenvalue weighted by Crippen LogP contribution is -2.08. The average molecular weight is 287 g/mol. The van der Waals surface area contributed by atoms with E-state index in [1.165, 1.54) is 31.6 Å². The summed E-state index contributed by atoms with van der Waals surface area (Å²) in [5, 5.41) is 10.7. The summed E-state index contributed by atoms with van der Waals surface area (Å²) in [7, 11) is 1.48. The monoisotopic (exact) mass is 287 g/mol. The van der Waals surface area contributed by atoms with Crippen LogP contribution < -0.4 is 4.74 Å². The average Bonchev–Trinajstić information content (AvgIpc) is 2.47. The molecule has 0 unspecified atom stereocenters. The van der Waals surface area contributed by atoms with Gasteiger partial charge in [0.05, 0.1) is 24.1 Å². The summed E-state index contributed by atoms with van der Waals surface area (Å²) in [6.45, 7) is 1.67. The molecule has 0 radical (unpaired) electrons. The number of carbonyl (C=O) groups is 1. The highest BCUT2D eigenvalue weighted by molar-refractivity contribution is 5.98. The van der Waals surface area contributed by atoms with Crippen LogP contribution in [0.1, 0.15) is 21.6 Å². The zero-order valence-electron chi connectivity index (χ0n) is 11.6. The molecule has 21 heavy (non-hydrogen) atoms. The summed E-state index contributed by atoms with van der Waals surface area (Å²) in [4.78, 5) is 30.3. The Kier molecular flexibility index (Phi) is 4.22. The molecule has 0 bridgehead atoms. The number of hydrogen-bond donors (Lipinski definition) is 0. The van der Waals surface area contributed by atoms with Gasteiger partial charge in [-0.1, -0.05) is 0 Å². The van der Waals surface area contributed by atoms with E-state index < -0.39 is 4.92 Å². The van der Waals surface area contributed by atoms with Crippen molar-refractivity contribution in [3.05, 3.63) is 57.5 Å². The zero-order valence-corrected chi connectivity index (χ0v) is 11.6. The third kappa shape index (κ3) is 3.38. The molecule has 0 N–H and O–H groups in total. The second kappa shape index (κ2) is 6.08. The highest BCUT2D eigenvalue weighted by Crippen LogP contribution is 2.19. The molecular weight excluding hydrogens is 274 g/mol. The number of nitro benzene ring substituents is 1. The fraction of sp³-hybridized carbons (Fsp3) is 0.214. The summed E-state index contributed by atoms with van der Waals surface area (Å²) in [5.41, 5.74) is 1.51. The van der Waals surface area contributed by atoms with Crippen molar-refractivity contribution in [2.24, 2.45) is 0 Å². The Labute approximate surface area is 120 Å². The number of nitrogens with zero attached hydrogens (tertiary/aromatic N) is 3. The SMILES string of the molecule is COc1cc(CC(=O)c2ccc([N+](=O)[O-])cc2C)ncn1. The number of non-ortho nitro benzene ring substituents is 1. The van der Waals surface area contributed by atoms with Crippen LogP contribution in [-0.2, 0) is 6.42 Å². The second-order valence-electron chi connectivity index (χ2n) is 4.41. The predicted octanol–water partition coefficient (Wildman–Crippen LogP) is 2.13. The highest BCUT2D eigenvalue weighted by Gasteiger charge is 2.15. The van der Waals surface area contributed by atoms with Gasteiger partial charge in [-0.2, -0.15) is 0 Å². The van der Waals surface area contributed by atoms with E-state index in [4.69, 9.17) is 4.74 Å². The third-order valence-electron chi connectivity index (χ3n) is 2.97. The first-order chi connectivity index (χ1) is 10.0. The number of Topliss-reactive ketones (excluding diaryl/α,β-unsaturated/α-hetero) is 1. The van der Waals surface area contributed by atoms with E-state index >= 15 is 0 Å². The molecule has 2 rings (SSSR count). The fourth-order valence-corrected chi connectivity index (χ4v) is 1.92. The standard InChI is InChI=1S/C14H13N3O4/c1-9-5-11(17(19)20)3-4-12(9)13(18)6-10-7-14(21-2)16-8-15-10/h3-5,7-8H,6H2,1-2H3. The Bertz CT molecular complexity index is 700. The van der Waals surface area contributed by atoms with Crippen molar-refractivity contribution in [2.45, 2.75) is 13.3 Å². The van der Waals surface area contributed by atoms with Gasteiger partial charge in [0.15, 0.2) is 5.78 Å². The number of benzene rings is 1. The van der Waals surface area contributed by atoms with Gasteiger partial charge in [-0.25, -0.2) is 9.97 Å². The second-order valence-corrected chi connectivity index (χ2v) is 4.41. The number of ketones is 1. The Morgan fingerprint density at radius 3 is 2.71 bits per heavy atom. The predicted molar refractivity (Wildman–Crippen MR) is 74.5 cm³/mol. The molecule has 0 saturated carbocycles. The molecule has 0 fully saturated rings. The number of hydrogen-bond acceptors (Lipinski definition) is 6. The van der Waals surface area contributed by atoms with Gasteiger partial charge in [0.25, 0.3) is 5.69 Å². The van der Waals surface area contributed by atoms with Gasteiger partial charge in [-0.15, -0.1) is 0 Å². The molecule has 108 valence electrons. The molecule has 0 aliphatic carbocycles. The molecule has 1 aromatic carbocycles. The van der Waals surface area contributed by atoms with Crippen molar-refractivity contribution in [3.8, 4) is 5.88 Å². The minimum atomic E-state index is -0.490. The van der Waals surface area contributed by atoms with Gasteiger partial charge >= 0.3 is 0 Å². The molecule has 0 saturated heterocycles. The lowest BCUT2D eigenvalue weighted by molar-refractivity contribution is -0.384. The summed E-state index contributed by atoms with van der Waals surface area (Å²) in [6.07, 6.45) is 1.40. The topological polar surface area (TPSA) is 95.2 Å². The van der Waals surface area contributed by atoms with E-state index in [1.807, 2.05) is 0 Å². The van der Waals surface area contributed by atoms with Crippen LogP contribution in [0, 0.1) is 17.0 Å². The Morgan fingerprint density at radius 1 is 1.33 bits per heavy atom. The normalized spacial score (nSPS) is 10.2. The third-order valence-corrected chi connectivity index (χ3v) is 2.97. The van der Waals surface area contributed by atoms with Crippen molar-refractivity contribution in [1.82, 2.24) is 9.97 Å². The Balaban J connectivity index is 2.22. The zero-order chi connectivity index (χ0) is 15.4. The van der Waals surface area contributed by atoms with E-state index in [0.29, 0.717) is 22.7 Å². The number of nitro groups is 1. The maximum atomic E-state index is 12.2. The summed E-state index contributed by atoms with van der Waals surface area (Å²) in [6, 6.07) is 5.75. The van der Waals surface area contributed by atoms with E-state index in [-0.39, 0.29) is 17.9 Å². The first kappa shape index (κ1) is 14.6. The largest absolute Gasteiger partial charge is 0.481 e. The number of carbonyl (C=O) groups excluding carboxylic acids is 1. The highest BCUT2D eigenvalue weighted by atomic mass is 16.6. The molecule has 0 atom stereocenters. The number of aromatic nitrogens is 2. The van der Waals surface area contributed by atoms with E-state index in [1.54, 1.807) is 13.0 Å². The first-order valence-electron chi connectivity index (χ1n) is 6.14. The first-order valence-corrected chi connectivity index (χ1v) is 6.14. The van der Waals surface area contributed by atoms with Gasteiger partial charge in [0.2, 0.25) is 5.88 Å². The number of rotatable bonds is 5. The van der Waals surface area contributed by atoms with Crippen molar-refractivity contribution in [1.29, 1.82) is 0 Å². The number of ether oxygens (including phenoxy) is 1. The molecule has 1 aromatic heterocycles. The van der Waals surface area contributed by atoms with Gasteiger partial charge in [0, 0.05) is 23.8 Å². The van der Waals surface area contributed by atoms with Crippen molar-refractivity contribution in [2.75, 3.05) is 7.11 Å². The van der Waals surface area contributed by atoms with Gasteiger partial charge in [0.1, 0.15) is 6.33 Å². The summed E-state index contributed by atoms with van der Waals surface area (Å²) < 4.78 is 4.97. The number of aryl methyl sites for hydroxylation is 1. The minimum absolute atomic E-state index is 0.0345. The van der Waals surface area contributed by atoms with Crippen LogP contribution in [0.25, 0.3) is 0 Å². The van der Waals surface area contributed by atoms with Crippen molar-refractivity contribution < 1.29 is 14.5 Å². The van der Waals surface area contributed by atoms with Crippen molar-refractivity contribution in [3.63, 3.8) is 0 Å². The summed E-state index contributed by atoms with van der Waals surface area (Å²) in [5.74, 6) is 0.219. The van der Waals surface area contributed by atoms with Crippen LogP contribution in [0.4, 0.5) is 5.69 Å². The fourth-order valence-electron chi connectivity index (χ4n) is 1.92. The van der Waals surface area contributed by atoms with Gasteiger partial charge < -0.3 is 4.74 Å². The van der Waals surface area contributed by atoms with Gasteiger partial charge in [-0.05, 0) is 18.6 Å². The molecular formula is C14H13N3O4. The van der Waals surface area contributed by atoms with Crippen molar-refractivity contribution >= 4 is 11.5 Å². The summed E-state index contributed by atoms with van der Waals surface area (Å²) >= 11 is 0. The molecule has 0 aliphatic heterocycles. The maximum absolute atomic E-state index is 12.2.